The number of hydrogen-bond donors (Lipinski definition) is 0. The van der Waals surface area contributed by atoms with E-state index in [0.717, 1.165) is 0 Å². The van der Waals surface area contributed by atoms with Crippen LogP contribution in [0.4, 0.5) is 0 Å². The molecule has 2 aromatic heterocycles. The van der Waals surface area contributed by atoms with Gasteiger partial charge in [-0.1, -0.05) is 35.9 Å². The Morgan fingerprint density at radius 2 is 1.92 bits per heavy atom. The van der Waals surface area contributed by atoms with E-state index in [4.69, 9.17) is 11.6 Å². The molecule has 0 atom stereocenters. The molecule has 0 N–H and O–H groups in total. The second kappa shape index (κ2) is 6.76. The normalized spacial score (nSPS) is 11.9. The van der Waals surface area contributed by atoms with Gasteiger partial charge in [-0.3, -0.25) is 0 Å². The minimum Gasteiger partial charge on any atom is -0.305 e. The summed E-state index contributed by atoms with van der Waals surface area (Å²) in [7, 11) is -3.62. The molecule has 0 amide bonds. The second-order valence-corrected chi connectivity index (χ2v) is 7.62. The third-order valence-electron chi connectivity index (χ3n) is 3.52. The third-order valence-corrected chi connectivity index (χ3v) is 5.57. The molecule has 124 valence electrons. The van der Waals surface area contributed by atoms with Gasteiger partial charge in [0.05, 0.1) is 22.2 Å². The van der Waals surface area contributed by atoms with Crippen LogP contribution in [0.2, 0.25) is 5.02 Å². The number of sulfonamides is 1. The van der Waals surface area contributed by atoms with Crippen molar-refractivity contribution in [3.8, 4) is 0 Å². The fourth-order valence-corrected chi connectivity index (χ4v) is 3.98. The summed E-state index contributed by atoms with van der Waals surface area (Å²) in [5.74, 6) is 0. The Hall–Kier alpha value is -2.15. The molecule has 0 saturated heterocycles. The fourth-order valence-electron chi connectivity index (χ4n) is 2.41. The van der Waals surface area contributed by atoms with Crippen molar-refractivity contribution in [1.82, 2.24) is 13.7 Å². The minimum absolute atomic E-state index is 0.155. The molecule has 0 unspecified atom stereocenters. The molecule has 0 aliphatic heterocycles. The van der Waals surface area contributed by atoms with Gasteiger partial charge < -0.3 is 4.40 Å². The first kappa shape index (κ1) is 16.7. The number of hydrogen-bond acceptors (Lipinski definition) is 3. The number of fused-ring (bicyclic) bond motifs is 1. The van der Waals surface area contributed by atoms with Gasteiger partial charge in [0, 0.05) is 18.9 Å². The molecular weight excluding hydrogens is 346 g/mol. The Balaban J connectivity index is 1.94. The highest BCUT2D eigenvalue weighted by Gasteiger charge is 2.24. The summed E-state index contributed by atoms with van der Waals surface area (Å²) >= 11 is 5.97. The molecule has 2 heterocycles. The molecule has 0 saturated carbocycles. The lowest BCUT2D eigenvalue weighted by Gasteiger charge is -2.19. The van der Waals surface area contributed by atoms with Crippen LogP contribution >= 0.6 is 11.6 Å². The predicted molar refractivity (Wildman–Crippen MR) is 94.4 cm³/mol. The Labute approximate surface area is 145 Å². The molecule has 0 spiro atoms. The zero-order valence-corrected chi connectivity index (χ0v) is 14.4. The Morgan fingerprint density at radius 1 is 1.17 bits per heavy atom. The van der Waals surface area contributed by atoms with Crippen LogP contribution < -0.4 is 0 Å². The first-order valence-electron chi connectivity index (χ1n) is 7.30. The summed E-state index contributed by atoms with van der Waals surface area (Å²) in [6, 6.07) is 11.9. The van der Waals surface area contributed by atoms with Gasteiger partial charge in [-0.25, -0.2) is 13.4 Å². The summed E-state index contributed by atoms with van der Waals surface area (Å²) in [6.07, 6.45) is 5.07. The Kier molecular flexibility index (Phi) is 4.71. The van der Waals surface area contributed by atoms with Gasteiger partial charge >= 0.3 is 0 Å². The van der Waals surface area contributed by atoms with Gasteiger partial charge in [-0.05, 0) is 24.3 Å². The van der Waals surface area contributed by atoms with E-state index < -0.39 is 10.0 Å². The van der Waals surface area contributed by atoms with Crippen molar-refractivity contribution in [2.75, 3.05) is 6.54 Å². The van der Waals surface area contributed by atoms with Gasteiger partial charge in [0.25, 0.3) is 0 Å². The number of pyridine rings is 1. The highest BCUT2D eigenvalue weighted by Crippen LogP contribution is 2.19. The quantitative estimate of drug-likeness (QED) is 0.632. The maximum atomic E-state index is 12.8. The Bertz CT molecular complexity index is 968. The van der Waals surface area contributed by atoms with E-state index in [0.29, 0.717) is 16.4 Å². The molecule has 0 bridgehead atoms. The molecule has 0 aliphatic carbocycles. The van der Waals surface area contributed by atoms with Crippen molar-refractivity contribution in [2.24, 2.45) is 0 Å². The van der Waals surface area contributed by atoms with Crippen LogP contribution in [0.15, 0.2) is 72.4 Å². The van der Waals surface area contributed by atoms with Gasteiger partial charge in [0.1, 0.15) is 5.65 Å². The highest BCUT2D eigenvalue weighted by atomic mass is 35.5. The molecule has 7 heteroatoms. The predicted octanol–water partition coefficient (Wildman–Crippen LogP) is 3.36. The van der Waals surface area contributed by atoms with E-state index in [-0.39, 0.29) is 18.0 Å². The number of nitrogens with zero attached hydrogens (tertiary/aromatic N) is 3. The zero-order valence-electron chi connectivity index (χ0n) is 12.8. The molecule has 1 aromatic carbocycles. The van der Waals surface area contributed by atoms with Crippen LogP contribution in [0.1, 0.15) is 5.69 Å². The highest BCUT2D eigenvalue weighted by molar-refractivity contribution is 7.89. The van der Waals surface area contributed by atoms with Crippen molar-refractivity contribution >= 4 is 27.3 Å². The summed E-state index contributed by atoms with van der Waals surface area (Å²) in [5.41, 5.74) is 1.35. The first-order chi connectivity index (χ1) is 11.5. The molecule has 0 fully saturated rings. The van der Waals surface area contributed by atoms with Crippen molar-refractivity contribution in [3.05, 3.63) is 78.2 Å². The molecule has 3 aromatic rings. The molecule has 24 heavy (non-hydrogen) atoms. The zero-order chi connectivity index (χ0) is 17.2. The summed E-state index contributed by atoms with van der Waals surface area (Å²) in [4.78, 5) is 4.70. The topological polar surface area (TPSA) is 54.7 Å². The van der Waals surface area contributed by atoms with Crippen LogP contribution in [0, 0.1) is 0 Å². The number of halogens is 1. The van der Waals surface area contributed by atoms with Gasteiger partial charge in [0.2, 0.25) is 10.0 Å². The van der Waals surface area contributed by atoms with Crippen molar-refractivity contribution in [2.45, 2.75) is 11.4 Å². The maximum Gasteiger partial charge on any atom is 0.243 e. The number of benzene rings is 1. The largest absolute Gasteiger partial charge is 0.305 e. The van der Waals surface area contributed by atoms with E-state index in [1.165, 1.54) is 4.31 Å². The molecule has 0 aliphatic rings. The van der Waals surface area contributed by atoms with Gasteiger partial charge in [0.15, 0.2) is 0 Å². The van der Waals surface area contributed by atoms with Crippen LogP contribution in [-0.2, 0) is 16.6 Å². The van der Waals surface area contributed by atoms with Crippen LogP contribution in [0.3, 0.4) is 0 Å². The number of aromatic nitrogens is 2. The summed E-state index contributed by atoms with van der Waals surface area (Å²) in [6.45, 7) is 4.01. The Morgan fingerprint density at radius 3 is 2.62 bits per heavy atom. The summed E-state index contributed by atoms with van der Waals surface area (Å²) < 4.78 is 28.8. The van der Waals surface area contributed by atoms with Gasteiger partial charge in [-0.15, -0.1) is 6.58 Å². The average Bonchev–Trinajstić information content (AvgIpc) is 2.96. The third kappa shape index (κ3) is 3.36. The van der Waals surface area contributed by atoms with E-state index in [9.17, 15) is 8.42 Å². The lowest BCUT2D eigenvalue weighted by Crippen LogP contribution is -2.31. The number of imidazole rings is 1. The van der Waals surface area contributed by atoms with E-state index in [2.05, 4.69) is 11.6 Å². The summed E-state index contributed by atoms with van der Waals surface area (Å²) in [5, 5.41) is 0.589. The van der Waals surface area contributed by atoms with E-state index in [1.54, 1.807) is 65.3 Å². The minimum atomic E-state index is -3.62. The van der Waals surface area contributed by atoms with Gasteiger partial charge in [-0.2, -0.15) is 4.31 Å². The van der Waals surface area contributed by atoms with Crippen LogP contribution in [-0.4, -0.2) is 28.7 Å². The lowest BCUT2D eigenvalue weighted by atomic mass is 10.4. The molecular formula is C17H16ClN3O2S. The first-order valence-corrected chi connectivity index (χ1v) is 9.12. The lowest BCUT2D eigenvalue weighted by molar-refractivity contribution is 0.434. The number of rotatable bonds is 6. The van der Waals surface area contributed by atoms with E-state index in [1.807, 2.05) is 0 Å². The van der Waals surface area contributed by atoms with Crippen molar-refractivity contribution < 1.29 is 8.42 Å². The van der Waals surface area contributed by atoms with Crippen LogP contribution in [0.5, 0.6) is 0 Å². The standard InChI is InChI=1S/C17H16ClN3O2S/c1-2-10-21(24(22,23)16-6-4-3-5-7-16)13-15-12-20-11-14(18)8-9-17(20)19-15/h2-9,11-12H,1,10,13H2. The maximum absolute atomic E-state index is 12.8. The monoisotopic (exact) mass is 361 g/mol. The SMILES string of the molecule is C=CCN(Cc1cn2cc(Cl)ccc2n1)S(=O)(=O)c1ccccc1. The molecule has 0 radical (unpaired) electrons. The van der Waals surface area contributed by atoms with Crippen molar-refractivity contribution in [3.63, 3.8) is 0 Å². The fraction of sp³-hybridized carbons (Fsp3) is 0.118. The van der Waals surface area contributed by atoms with E-state index >= 15 is 0 Å². The van der Waals surface area contributed by atoms with Crippen LogP contribution in [0.25, 0.3) is 5.65 Å². The second-order valence-electron chi connectivity index (χ2n) is 5.24. The smallest absolute Gasteiger partial charge is 0.243 e. The van der Waals surface area contributed by atoms with Crippen molar-refractivity contribution in [1.29, 1.82) is 0 Å². The average molecular weight is 362 g/mol. The molecule has 3 rings (SSSR count). The molecule has 5 nitrogen and oxygen atoms in total.